The molecular formula is C20H30N4O2. The number of carbonyl (C=O) groups is 1. The molecule has 0 amide bonds. The van der Waals surface area contributed by atoms with Gasteiger partial charge in [-0.25, -0.2) is 0 Å². The Morgan fingerprint density at radius 1 is 1.31 bits per heavy atom. The van der Waals surface area contributed by atoms with Gasteiger partial charge in [-0.2, -0.15) is 0 Å². The normalized spacial score (nSPS) is 16.3. The minimum Gasteiger partial charge on any atom is -0.506 e. The number of allylic oxidation sites excluding steroid dienone is 6. The first-order valence-corrected chi connectivity index (χ1v) is 8.21. The average molecular weight is 358 g/mol. The van der Waals surface area contributed by atoms with Crippen LogP contribution in [0.3, 0.4) is 0 Å². The van der Waals surface area contributed by atoms with E-state index in [0.717, 1.165) is 0 Å². The molecule has 0 aliphatic carbocycles. The molecule has 0 aromatic rings. The average Bonchev–Trinajstić information content (AvgIpc) is 2.59. The Morgan fingerprint density at radius 2 is 1.92 bits per heavy atom. The van der Waals surface area contributed by atoms with Crippen molar-refractivity contribution in [3.63, 3.8) is 0 Å². The molecule has 0 aliphatic rings. The second kappa shape index (κ2) is 11.5. The fourth-order valence-corrected chi connectivity index (χ4v) is 2.00. The summed E-state index contributed by atoms with van der Waals surface area (Å²) in [6.45, 7) is 14.1. The van der Waals surface area contributed by atoms with Crippen molar-refractivity contribution in [2.45, 2.75) is 33.7 Å². The highest BCUT2D eigenvalue weighted by Gasteiger charge is 2.17. The first-order chi connectivity index (χ1) is 12.1. The first kappa shape index (κ1) is 23.0. The van der Waals surface area contributed by atoms with Crippen molar-refractivity contribution in [3.05, 3.63) is 72.1 Å². The molecule has 6 N–H and O–H groups in total. The second-order valence-corrected chi connectivity index (χ2v) is 5.87. The van der Waals surface area contributed by atoms with Crippen LogP contribution in [0, 0.1) is 5.92 Å². The van der Waals surface area contributed by atoms with Gasteiger partial charge in [0.15, 0.2) is 0 Å². The van der Waals surface area contributed by atoms with Crippen molar-refractivity contribution < 1.29 is 9.90 Å². The number of hydrogen-bond donors (Lipinski definition) is 4. The number of aliphatic imine (C=N–C) groups is 1. The molecule has 0 aromatic heterocycles. The predicted molar refractivity (Wildman–Crippen MR) is 109 cm³/mol. The van der Waals surface area contributed by atoms with E-state index in [4.69, 9.17) is 11.5 Å². The molecule has 0 fully saturated rings. The van der Waals surface area contributed by atoms with Gasteiger partial charge in [-0.1, -0.05) is 13.2 Å². The minimum atomic E-state index is -0.331. The van der Waals surface area contributed by atoms with Crippen molar-refractivity contribution in [3.8, 4) is 0 Å². The van der Waals surface area contributed by atoms with E-state index in [1.165, 1.54) is 31.5 Å². The highest BCUT2D eigenvalue weighted by atomic mass is 16.3. The minimum absolute atomic E-state index is 0.0184. The first-order valence-electron chi connectivity index (χ1n) is 8.21. The molecule has 0 saturated carbocycles. The van der Waals surface area contributed by atoms with Crippen LogP contribution in [0.25, 0.3) is 0 Å². The third-order valence-electron chi connectivity index (χ3n) is 3.67. The van der Waals surface area contributed by atoms with E-state index in [1.54, 1.807) is 26.0 Å². The van der Waals surface area contributed by atoms with Crippen LogP contribution < -0.4 is 16.8 Å². The number of rotatable bonds is 10. The summed E-state index contributed by atoms with van der Waals surface area (Å²) in [5, 5.41) is 13.3. The zero-order valence-electron chi connectivity index (χ0n) is 16.0. The van der Waals surface area contributed by atoms with Gasteiger partial charge in [0.1, 0.15) is 11.5 Å². The Balaban J connectivity index is 5.60. The molecule has 0 rings (SSSR count). The van der Waals surface area contributed by atoms with E-state index < -0.39 is 0 Å². The summed E-state index contributed by atoms with van der Waals surface area (Å²) >= 11 is 0. The van der Waals surface area contributed by atoms with Gasteiger partial charge in [0.25, 0.3) is 0 Å². The van der Waals surface area contributed by atoms with Crippen molar-refractivity contribution >= 4 is 12.0 Å². The van der Waals surface area contributed by atoms with Crippen molar-refractivity contribution in [2.24, 2.45) is 22.4 Å². The smallest absolute Gasteiger partial charge is 0.138 e. The molecule has 0 spiro atoms. The maximum Gasteiger partial charge on any atom is 0.138 e. The Kier molecular flexibility index (Phi) is 10.2. The summed E-state index contributed by atoms with van der Waals surface area (Å²) < 4.78 is 0. The number of aliphatic hydroxyl groups is 1. The Labute approximate surface area is 156 Å². The number of ketones is 1. The molecule has 142 valence electrons. The van der Waals surface area contributed by atoms with E-state index in [9.17, 15) is 9.90 Å². The van der Waals surface area contributed by atoms with Gasteiger partial charge in [0.05, 0.1) is 23.9 Å². The van der Waals surface area contributed by atoms with Gasteiger partial charge in [0, 0.05) is 11.4 Å². The SMILES string of the molecule is C=CC(=C)N=C/C(O)=C\C(=C(/C)N)C(C)N/C(=C/C=C\N)C(C)C(C)=O. The van der Waals surface area contributed by atoms with Crippen LogP contribution in [0.5, 0.6) is 0 Å². The van der Waals surface area contributed by atoms with Crippen LogP contribution in [-0.4, -0.2) is 23.1 Å². The second-order valence-electron chi connectivity index (χ2n) is 5.87. The van der Waals surface area contributed by atoms with E-state index in [2.05, 4.69) is 23.5 Å². The third kappa shape index (κ3) is 8.19. The quantitative estimate of drug-likeness (QED) is 0.272. The lowest BCUT2D eigenvalue weighted by Crippen LogP contribution is -2.32. The third-order valence-corrected chi connectivity index (χ3v) is 3.67. The van der Waals surface area contributed by atoms with Gasteiger partial charge in [-0.15, -0.1) is 0 Å². The lowest BCUT2D eigenvalue weighted by molar-refractivity contribution is -0.119. The van der Waals surface area contributed by atoms with Gasteiger partial charge in [0.2, 0.25) is 0 Å². The van der Waals surface area contributed by atoms with Crippen LogP contribution in [0.15, 0.2) is 77.1 Å². The molecule has 2 atom stereocenters. The van der Waals surface area contributed by atoms with Crippen LogP contribution in [-0.2, 0) is 4.79 Å². The van der Waals surface area contributed by atoms with Crippen molar-refractivity contribution in [1.82, 2.24) is 5.32 Å². The molecule has 6 heteroatoms. The molecule has 6 nitrogen and oxygen atoms in total. The standard InChI is InChI=1S/C20H30N4O2/c1-7-13(2)23-12-18(26)11-19(15(4)22)16(5)24-20(9-8-10-21)14(3)17(6)25/h7-12,14,16,24,26H,1-2,21-22H2,3-6H3/b10-8-,18-11+,19-15-,20-9+,23-12?. The van der Waals surface area contributed by atoms with E-state index in [0.29, 0.717) is 22.7 Å². The number of hydrogen-bond acceptors (Lipinski definition) is 6. The number of nitrogens with two attached hydrogens (primary N) is 2. The zero-order chi connectivity index (χ0) is 20.3. The predicted octanol–water partition coefficient (Wildman–Crippen LogP) is 2.99. The fraction of sp³-hybridized carbons (Fsp3) is 0.300. The molecular weight excluding hydrogens is 328 g/mol. The molecule has 0 aliphatic heterocycles. The summed E-state index contributed by atoms with van der Waals surface area (Å²) in [4.78, 5) is 15.7. The van der Waals surface area contributed by atoms with E-state index in [1.807, 2.05) is 6.92 Å². The van der Waals surface area contributed by atoms with Crippen molar-refractivity contribution in [1.29, 1.82) is 0 Å². The maximum atomic E-state index is 11.7. The largest absolute Gasteiger partial charge is 0.506 e. The number of carbonyl (C=O) groups excluding carboxylic acids is 1. The molecule has 26 heavy (non-hydrogen) atoms. The topological polar surface area (TPSA) is 114 Å². The van der Waals surface area contributed by atoms with Crippen LogP contribution in [0.2, 0.25) is 0 Å². The lowest BCUT2D eigenvalue weighted by Gasteiger charge is -2.23. The van der Waals surface area contributed by atoms with Gasteiger partial charge >= 0.3 is 0 Å². The number of aliphatic hydroxyl groups excluding tert-OH is 1. The number of Topliss-reactive ketones (excluding diaryl/α,β-unsaturated/α-hetero) is 1. The molecule has 0 aromatic carbocycles. The lowest BCUT2D eigenvalue weighted by atomic mass is 9.99. The Hall–Kier alpha value is -3.02. The highest BCUT2D eigenvalue weighted by molar-refractivity contribution is 5.80. The van der Waals surface area contributed by atoms with Gasteiger partial charge in [-0.3, -0.25) is 9.79 Å². The number of nitrogens with zero attached hydrogens (tertiary/aromatic N) is 1. The monoisotopic (exact) mass is 358 g/mol. The molecule has 0 saturated heterocycles. The summed E-state index contributed by atoms with van der Waals surface area (Å²) in [7, 11) is 0. The van der Waals surface area contributed by atoms with Crippen molar-refractivity contribution in [2.75, 3.05) is 0 Å². The Bertz CT molecular complexity index is 678. The van der Waals surface area contributed by atoms with Crippen LogP contribution in [0.1, 0.15) is 27.7 Å². The summed E-state index contributed by atoms with van der Waals surface area (Å²) in [6.07, 6.45) is 9.04. The number of nitrogens with one attached hydrogen (secondary N) is 1. The van der Waals surface area contributed by atoms with Gasteiger partial charge in [-0.05, 0) is 63.8 Å². The van der Waals surface area contributed by atoms with E-state index >= 15 is 0 Å². The molecule has 0 heterocycles. The van der Waals surface area contributed by atoms with Crippen LogP contribution in [0.4, 0.5) is 0 Å². The maximum absolute atomic E-state index is 11.7. The molecule has 0 radical (unpaired) electrons. The van der Waals surface area contributed by atoms with E-state index in [-0.39, 0.29) is 23.5 Å². The summed E-state index contributed by atoms with van der Waals surface area (Å²) in [5.41, 5.74) is 13.7. The summed E-state index contributed by atoms with van der Waals surface area (Å²) in [6, 6.07) is -0.266. The highest BCUT2D eigenvalue weighted by Crippen LogP contribution is 2.15. The molecule has 2 unspecified atom stereocenters. The molecule has 0 bridgehead atoms. The zero-order valence-corrected chi connectivity index (χ0v) is 16.0. The van der Waals surface area contributed by atoms with Gasteiger partial charge < -0.3 is 21.9 Å². The Morgan fingerprint density at radius 3 is 2.38 bits per heavy atom. The fourth-order valence-electron chi connectivity index (χ4n) is 2.00. The van der Waals surface area contributed by atoms with Crippen LogP contribution >= 0.6 is 0 Å². The summed E-state index contributed by atoms with van der Waals surface area (Å²) in [5.74, 6) is -0.388.